The van der Waals surface area contributed by atoms with E-state index in [-0.39, 0.29) is 4.90 Å². The fourth-order valence-electron chi connectivity index (χ4n) is 7.22. The SMILES string of the molecule is CCCCCCCCCCCCCCCCc1c(S(=O)(=O)O)cc2ccccc2c1CCCCCCCCCCCCCCCC. The van der Waals surface area contributed by atoms with E-state index in [0.29, 0.717) is 0 Å². The fourth-order valence-corrected chi connectivity index (χ4v) is 8.03. The summed E-state index contributed by atoms with van der Waals surface area (Å²) in [4.78, 5) is 0.140. The zero-order valence-corrected chi connectivity index (χ0v) is 31.1. The first kappa shape index (κ1) is 40.8. The first-order chi connectivity index (χ1) is 22.5. The number of rotatable bonds is 31. The molecule has 0 amide bonds. The summed E-state index contributed by atoms with van der Waals surface area (Å²) in [5.41, 5.74) is 2.02. The van der Waals surface area contributed by atoms with E-state index in [1.54, 1.807) is 6.07 Å². The molecule has 2 aromatic carbocycles. The van der Waals surface area contributed by atoms with Crippen LogP contribution in [0.25, 0.3) is 10.8 Å². The maximum Gasteiger partial charge on any atom is 0.294 e. The number of hydrogen-bond acceptors (Lipinski definition) is 2. The Kier molecular flexibility index (Phi) is 23.5. The van der Waals surface area contributed by atoms with Crippen LogP contribution in [0, 0.1) is 0 Å². The van der Waals surface area contributed by atoms with Crippen LogP contribution in [0.4, 0.5) is 0 Å². The van der Waals surface area contributed by atoms with Gasteiger partial charge in [-0.15, -0.1) is 0 Å². The van der Waals surface area contributed by atoms with Gasteiger partial charge in [0.2, 0.25) is 0 Å². The fraction of sp³-hybridized carbons (Fsp3) is 0.762. The van der Waals surface area contributed by atoms with Gasteiger partial charge in [-0.05, 0) is 53.6 Å². The third-order valence-electron chi connectivity index (χ3n) is 10.1. The molecule has 2 aromatic rings. The first-order valence-electron chi connectivity index (χ1n) is 20.0. The van der Waals surface area contributed by atoms with Gasteiger partial charge in [0, 0.05) is 0 Å². The molecule has 264 valence electrons. The maximum atomic E-state index is 12.6. The van der Waals surface area contributed by atoms with Crippen LogP contribution in [0.1, 0.15) is 205 Å². The summed E-state index contributed by atoms with van der Waals surface area (Å²) >= 11 is 0. The van der Waals surface area contributed by atoms with Gasteiger partial charge in [0.15, 0.2) is 0 Å². The minimum atomic E-state index is -4.28. The van der Waals surface area contributed by atoms with Crippen LogP contribution in [-0.4, -0.2) is 13.0 Å². The lowest BCUT2D eigenvalue weighted by molar-refractivity contribution is 0.481. The normalized spacial score (nSPS) is 12.0. The topological polar surface area (TPSA) is 54.4 Å². The number of aryl methyl sites for hydroxylation is 1. The second-order valence-corrected chi connectivity index (χ2v) is 15.6. The molecule has 0 aromatic heterocycles. The maximum absolute atomic E-state index is 12.6. The highest BCUT2D eigenvalue weighted by molar-refractivity contribution is 7.85. The summed E-state index contributed by atoms with van der Waals surface area (Å²) in [7, 11) is -4.28. The van der Waals surface area contributed by atoms with Crippen molar-refractivity contribution in [1.82, 2.24) is 0 Å². The van der Waals surface area contributed by atoms with Crippen molar-refractivity contribution in [3.05, 3.63) is 41.5 Å². The van der Waals surface area contributed by atoms with Crippen molar-refractivity contribution < 1.29 is 13.0 Å². The van der Waals surface area contributed by atoms with Gasteiger partial charge in [-0.2, -0.15) is 8.42 Å². The molecule has 0 spiro atoms. The molecule has 0 heterocycles. The average molecular weight is 657 g/mol. The lowest BCUT2D eigenvalue weighted by Crippen LogP contribution is -2.08. The highest BCUT2D eigenvalue weighted by Crippen LogP contribution is 2.32. The summed E-state index contributed by atoms with van der Waals surface area (Å²) in [5, 5.41) is 2.07. The van der Waals surface area contributed by atoms with Gasteiger partial charge >= 0.3 is 0 Å². The Hall–Kier alpha value is -1.39. The number of benzene rings is 2. The summed E-state index contributed by atoms with van der Waals surface area (Å²) in [6.07, 6.45) is 38.5. The lowest BCUT2D eigenvalue weighted by Gasteiger charge is -2.17. The molecule has 0 saturated carbocycles. The molecule has 46 heavy (non-hydrogen) atoms. The van der Waals surface area contributed by atoms with E-state index in [2.05, 4.69) is 26.0 Å². The number of hydrogen-bond donors (Lipinski definition) is 1. The summed E-state index contributed by atoms with van der Waals surface area (Å²) in [6, 6.07) is 9.84. The Morgan fingerprint density at radius 1 is 0.457 bits per heavy atom. The second-order valence-electron chi connectivity index (χ2n) is 14.2. The molecule has 0 unspecified atom stereocenters. The Morgan fingerprint density at radius 2 is 0.783 bits per heavy atom. The molecule has 0 aliphatic carbocycles. The Morgan fingerprint density at radius 3 is 1.15 bits per heavy atom. The largest absolute Gasteiger partial charge is 0.294 e. The summed E-state index contributed by atoms with van der Waals surface area (Å²) in [6.45, 7) is 4.56. The zero-order valence-electron chi connectivity index (χ0n) is 30.3. The Labute approximate surface area is 285 Å². The zero-order chi connectivity index (χ0) is 33.1. The molecule has 0 bridgehead atoms. The molecular weight excluding hydrogens is 585 g/mol. The van der Waals surface area contributed by atoms with E-state index in [4.69, 9.17) is 0 Å². The van der Waals surface area contributed by atoms with Crippen LogP contribution >= 0.6 is 0 Å². The van der Waals surface area contributed by atoms with Gasteiger partial charge in [0.25, 0.3) is 10.1 Å². The standard InChI is InChI=1S/C42H72O3S/c1-3-5-7-9-11-13-15-17-19-21-23-25-27-29-35-40-39-34-32-31-33-38(39)37-42(46(43,44)45)41(40)36-30-28-26-24-22-20-18-16-14-12-10-8-6-4-2/h31-34,37H,3-30,35-36H2,1-2H3,(H,43,44,45). The molecule has 0 radical (unpaired) electrons. The van der Waals surface area contributed by atoms with Crippen LogP contribution in [0.15, 0.2) is 35.2 Å². The molecule has 4 heteroatoms. The molecule has 0 aliphatic heterocycles. The predicted molar refractivity (Wildman–Crippen MR) is 202 cm³/mol. The van der Waals surface area contributed by atoms with E-state index in [1.165, 1.54) is 161 Å². The average Bonchev–Trinajstić information content (AvgIpc) is 3.04. The highest BCUT2D eigenvalue weighted by Gasteiger charge is 2.21. The molecule has 3 nitrogen and oxygen atoms in total. The van der Waals surface area contributed by atoms with Gasteiger partial charge in [-0.25, -0.2) is 0 Å². The van der Waals surface area contributed by atoms with Crippen LogP contribution in [0.5, 0.6) is 0 Å². The monoisotopic (exact) mass is 657 g/mol. The van der Waals surface area contributed by atoms with Crippen molar-refractivity contribution >= 4 is 20.9 Å². The van der Waals surface area contributed by atoms with Gasteiger partial charge in [-0.3, -0.25) is 4.55 Å². The van der Waals surface area contributed by atoms with Crippen molar-refractivity contribution in [2.45, 2.75) is 211 Å². The lowest BCUT2D eigenvalue weighted by atomic mass is 9.91. The van der Waals surface area contributed by atoms with Gasteiger partial charge in [-0.1, -0.05) is 205 Å². The third kappa shape index (κ3) is 18.2. The Bertz CT molecular complexity index is 1120. The number of fused-ring (bicyclic) bond motifs is 1. The van der Waals surface area contributed by atoms with Crippen LogP contribution in [-0.2, 0) is 23.0 Å². The van der Waals surface area contributed by atoms with Crippen molar-refractivity contribution in [1.29, 1.82) is 0 Å². The molecular formula is C42H72O3S. The van der Waals surface area contributed by atoms with Gasteiger partial charge < -0.3 is 0 Å². The van der Waals surface area contributed by atoms with Crippen LogP contribution in [0.3, 0.4) is 0 Å². The summed E-state index contributed by atoms with van der Waals surface area (Å²) < 4.78 is 35.3. The quantitative estimate of drug-likeness (QED) is 0.0649. The Balaban J connectivity index is 1.75. The first-order valence-corrected chi connectivity index (χ1v) is 21.4. The van der Waals surface area contributed by atoms with E-state index in [0.717, 1.165) is 54.0 Å². The highest BCUT2D eigenvalue weighted by atomic mass is 32.2. The van der Waals surface area contributed by atoms with Gasteiger partial charge in [0.05, 0.1) is 4.90 Å². The van der Waals surface area contributed by atoms with E-state index >= 15 is 0 Å². The van der Waals surface area contributed by atoms with Crippen molar-refractivity contribution in [3.8, 4) is 0 Å². The number of unbranched alkanes of at least 4 members (excludes halogenated alkanes) is 26. The third-order valence-corrected chi connectivity index (χ3v) is 11.0. The van der Waals surface area contributed by atoms with E-state index in [1.807, 2.05) is 12.1 Å². The summed E-state index contributed by atoms with van der Waals surface area (Å²) in [5.74, 6) is 0. The van der Waals surface area contributed by atoms with Crippen LogP contribution in [0.2, 0.25) is 0 Å². The predicted octanol–water partition coefficient (Wildman–Crippen LogP) is 14.1. The minimum absolute atomic E-state index is 0.140. The van der Waals surface area contributed by atoms with Crippen molar-refractivity contribution in [3.63, 3.8) is 0 Å². The smallest absolute Gasteiger partial charge is 0.282 e. The molecule has 2 rings (SSSR count). The van der Waals surface area contributed by atoms with Crippen molar-refractivity contribution in [2.24, 2.45) is 0 Å². The van der Waals surface area contributed by atoms with Crippen molar-refractivity contribution in [2.75, 3.05) is 0 Å². The van der Waals surface area contributed by atoms with E-state index in [9.17, 15) is 13.0 Å². The molecule has 1 N–H and O–H groups in total. The second kappa shape index (κ2) is 26.6. The molecule has 0 saturated heterocycles. The molecule has 0 aliphatic rings. The van der Waals surface area contributed by atoms with E-state index < -0.39 is 10.1 Å². The van der Waals surface area contributed by atoms with Gasteiger partial charge in [0.1, 0.15) is 0 Å². The molecule has 0 fully saturated rings. The van der Waals surface area contributed by atoms with Crippen LogP contribution < -0.4 is 0 Å². The minimum Gasteiger partial charge on any atom is -0.282 e. The molecule has 0 atom stereocenters.